The maximum atomic E-state index is 13.8. The van der Waals surface area contributed by atoms with Gasteiger partial charge in [-0.3, -0.25) is 4.90 Å². The lowest BCUT2D eigenvalue weighted by molar-refractivity contribution is 0.255. The molecule has 6 heteroatoms. The maximum Gasteiger partial charge on any atom is 0.326 e. The molecule has 0 unspecified atom stereocenters. The smallest absolute Gasteiger partial charge is 0.326 e. The third-order valence-electron chi connectivity index (χ3n) is 6.13. The number of nitrogens with two attached hydrogens (primary N) is 1. The van der Waals surface area contributed by atoms with Crippen molar-refractivity contribution in [2.45, 2.75) is 59.4 Å². The molecule has 3 N–H and O–H groups in total. The van der Waals surface area contributed by atoms with Gasteiger partial charge in [-0.25, -0.2) is 4.79 Å². The van der Waals surface area contributed by atoms with Crippen molar-refractivity contribution in [1.29, 1.82) is 0 Å². The molecule has 3 aromatic rings. The minimum atomic E-state index is -0.214. The topological polar surface area (TPSA) is 58.4 Å². The SMILES string of the molecule is CCc1ccc(N(C(=O)Nc2c(C(C)(C)C)ccc(N)c2C)[C@@H](C)c2ccc(Cl)cc2)cc1.S. The second-order valence-corrected chi connectivity index (χ2v) is 9.94. The van der Waals surface area contributed by atoms with Crippen LogP contribution in [0.15, 0.2) is 60.7 Å². The second-order valence-electron chi connectivity index (χ2n) is 9.50. The number of halogens is 1. The molecule has 0 radical (unpaired) electrons. The summed E-state index contributed by atoms with van der Waals surface area (Å²) in [4.78, 5) is 15.6. The summed E-state index contributed by atoms with van der Waals surface area (Å²) < 4.78 is 0. The number of nitrogen functional groups attached to an aromatic ring is 1. The lowest BCUT2D eigenvalue weighted by Gasteiger charge is -2.32. The van der Waals surface area contributed by atoms with E-state index in [1.165, 1.54) is 5.56 Å². The standard InChI is InChI=1S/C28H34ClN3O.H2S/c1-7-20-8-14-23(15-9-20)32(19(3)21-10-12-22(29)13-11-21)27(33)31-26-18(2)25(30)17-16-24(26)28(4,5)6;/h8-17,19H,7,30H2,1-6H3,(H,31,33);1H2/t19-;/m0./s1. The van der Waals surface area contributed by atoms with Crippen LogP contribution in [0.2, 0.25) is 5.02 Å². The van der Waals surface area contributed by atoms with Crippen LogP contribution in [0, 0.1) is 6.92 Å². The summed E-state index contributed by atoms with van der Waals surface area (Å²) in [7, 11) is 0. The van der Waals surface area contributed by atoms with Gasteiger partial charge in [-0.2, -0.15) is 13.5 Å². The molecule has 3 aromatic carbocycles. The number of hydrogen-bond donors (Lipinski definition) is 2. The van der Waals surface area contributed by atoms with Crippen molar-refractivity contribution >= 4 is 48.2 Å². The minimum absolute atomic E-state index is 0. The van der Waals surface area contributed by atoms with Crippen molar-refractivity contribution in [2.75, 3.05) is 16.0 Å². The van der Waals surface area contributed by atoms with E-state index in [9.17, 15) is 4.79 Å². The summed E-state index contributed by atoms with van der Waals surface area (Å²) in [5, 5.41) is 3.86. The molecule has 1 atom stereocenters. The van der Waals surface area contributed by atoms with Gasteiger partial charge in [0.2, 0.25) is 0 Å². The molecule has 0 aliphatic carbocycles. The Morgan fingerprint density at radius 1 is 1.03 bits per heavy atom. The molecule has 0 spiro atoms. The molecule has 0 aromatic heterocycles. The number of rotatable bonds is 5. The summed E-state index contributed by atoms with van der Waals surface area (Å²) in [6.45, 7) is 12.5. The van der Waals surface area contributed by atoms with Crippen LogP contribution in [0.3, 0.4) is 0 Å². The first-order valence-corrected chi connectivity index (χ1v) is 11.7. The molecule has 0 saturated heterocycles. The Balaban J connectivity index is 0.00000408. The maximum absolute atomic E-state index is 13.8. The van der Waals surface area contributed by atoms with Crippen LogP contribution in [-0.2, 0) is 11.8 Å². The Morgan fingerprint density at radius 2 is 1.62 bits per heavy atom. The first kappa shape index (κ1) is 27.6. The van der Waals surface area contributed by atoms with Crippen LogP contribution in [-0.4, -0.2) is 6.03 Å². The average molecular weight is 498 g/mol. The molecule has 2 amide bonds. The molecule has 182 valence electrons. The lowest BCUT2D eigenvalue weighted by atomic mass is 9.84. The van der Waals surface area contributed by atoms with Gasteiger partial charge in [-0.05, 0) is 78.3 Å². The van der Waals surface area contributed by atoms with Gasteiger partial charge in [0.1, 0.15) is 0 Å². The van der Waals surface area contributed by atoms with E-state index in [2.05, 4.69) is 45.1 Å². The third-order valence-corrected chi connectivity index (χ3v) is 6.38. The zero-order valence-electron chi connectivity index (χ0n) is 20.9. The molecule has 0 saturated carbocycles. The van der Waals surface area contributed by atoms with E-state index in [4.69, 9.17) is 17.3 Å². The van der Waals surface area contributed by atoms with Crippen molar-refractivity contribution in [1.82, 2.24) is 0 Å². The Morgan fingerprint density at radius 3 is 2.15 bits per heavy atom. The van der Waals surface area contributed by atoms with Crippen LogP contribution < -0.4 is 16.0 Å². The first-order valence-electron chi connectivity index (χ1n) is 11.4. The van der Waals surface area contributed by atoms with Crippen molar-refractivity contribution in [3.8, 4) is 0 Å². The van der Waals surface area contributed by atoms with Gasteiger partial charge in [0.05, 0.1) is 11.7 Å². The second kappa shape index (κ2) is 11.2. The highest BCUT2D eigenvalue weighted by molar-refractivity contribution is 7.59. The van der Waals surface area contributed by atoms with Gasteiger partial charge in [0, 0.05) is 16.4 Å². The summed E-state index contributed by atoms with van der Waals surface area (Å²) >= 11 is 6.10. The number of benzene rings is 3. The molecular weight excluding hydrogens is 462 g/mol. The number of carbonyl (C=O) groups excluding carboxylic acids is 1. The van der Waals surface area contributed by atoms with E-state index in [1.807, 2.05) is 62.4 Å². The van der Waals surface area contributed by atoms with E-state index in [0.717, 1.165) is 34.5 Å². The fourth-order valence-electron chi connectivity index (χ4n) is 3.98. The van der Waals surface area contributed by atoms with Crippen LogP contribution >= 0.6 is 25.1 Å². The number of urea groups is 1. The van der Waals surface area contributed by atoms with Crippen LogP contribution in [0.4, 0.5) is 21.9 Å². The number of nitrogens with one attached hydrogen (secondary N) is 1. The molecule has 0 aliphatic heterocycles. The summed E-state index contributed by atoms with van der Waals surface area (Å²) in [5.74, 6) is 0. The monoisotopic (exact) mass is 497 g/mol. The van der Waals surface area contributed by atoms with Gasteiger partial charge in [-0.15, -0.1) is 0 Å². The molecule has 0 bridgehead atoms. The fraction of sp³-hybridized carbons (Fsp3) is 0.321. The van der Waals surface area contributed by atoms with Gasteiger partial charge in [-0.1, -0.05) is 69.6 Å². The molecule has 3 rings (SSSR count). The van der Waals surface area contributed by atoms with E-state index >= 15 is 0 Å². The Labute approximate surface area is 216 Å². The molecule has 0 fully saturated rings. The Bertz CT molecular complexity index is 1120. The highest BCUT2D eigenvalue weighted by Gasteiger charge is 2.27. The molecule has 0 aliphatic rings. The van der Waals surface area contributed by atoms with Crippen molar-refractivity contribution in [3.05, 3.63) is 87.9 Å². The molecular formula is C28H36ClN3OS. The Hall–Kier alpha value is -2.63. The van der Waals surface area contributed by atoms with Crippen molar-refractivity contribution in [3.63, 3.8) is 0 Å². The fourth-order valence-corrected chi connectivity index (χ4v) is 4.11. The molecule has 4 nitrogen and oxygen atoms in total. The largest absolute Gasteiger partial charge is 0.398 e. The number of carbonyl (C=O) groups is 1. The number of anilines is 3. The first-order chi connectivity index (χ1) is 15.5. The van der Waals surface area contributed by atoms with E-state index in [0.29, 0.717) is 10.7 Å². The van der Waals surface area contributed by atoms with E-state index in [-0.39, 0.29) is 31.0 Å². The Kier molecular flexibility index (Phi) is 9.09. The van der Waals surface area contributed by atoms with Gasteiger partial charge >= 0.3 is 6.03 Å². The van der Waals surface area contributed by atoms with Crippen molar-refractivity contribution in [2.24, 2.45) is 0 Å². The summed E-state index contributed by atoms with van der Waals surface area (Å²) in [5.41, 5.74) is 12.4. The van der Waals surface area contributed by atoms with E-state index in [1.54, 1.807) is 4.90 Å². The quantitative estimate of drug-likeness (QED) is 0.351. The number of nitrogens with zero attached hydrogens (tertiary/aromatic N) is 1. The highest BCUT2D eigenvalue weighted by Crippen LogP contribution is 2.36. The van der Waals surface area contributed by atoms with Gasteiger partial charge < -0.3 is 11.1 Å². The van der Waals surface area contributed by atoms with Gasteiger partial charge in [0.15, 0.2) is 0 Å². The zero-order valence-corrected chi connectivity index (χ0v) is 22.6. The average Bonchev–Trinajstić information content (AvgIpc) is 2.77. The van der Waals surface area contributed by atoms with Crippen LogP contribution in [0.25, 0.3) is 0 Å². The number of aryl methyl sites for hydroxylation is 1. The predicted molar refractivity (Wildman–Crippen MR) is 152 cm³/mol. The van der Waals surface area contributed by atoms with Crippen molar-refractivity contribution < 1.29 is 4.79 Å². The van der Waals surface area contributed by atoms with Gasteiger partial charge in [0.25, 0.3) is 0 Å². The minimum Gasteiger partial charge on any atom is -0.398 e. The normalized spacial score (nSPS) is 12.0. The summed E-state index contributed by atoms with van der Waals surface area (Å²) in [6, 6.07) is 19.2. The summed E-state index contributed by atoms with van der Waals surface area (Å²) in [6.07, 6.45) is 0.941. The van der Waals surface area contributed by atoms with Crippen LogP contribution in [0.5, 0.6) is 0 Å². The highest BCUT2D eigenvalue weighted by atomic mass is 35.5. The third kappa shape index (κ3) is 6.08. The van der Waals surface area contributed by atoms with E-state index < -0.39 is 0 Å². The predicted octanol–water partition coefficient (Wildman–Crippen LogP) is 8.00. The molecule has 0 heterocycles. The molecule has 34 heavy (non-hydrogen) atoms. The number of amides is 2. The number of hydrogen-bond acceptors (Lipinski definition) is 2. The van der Waals surface area contributed by atoms with Crippen LogP contribution in [0.1, 0.15) is 62.9 Å². The zero-order chi connectivity index (χ0) is 24.3. The lowest BCUT2D eigenvalue weighted by Crippen LogP contribution is -2.38.